The highest BCUT2D eigenvalue weighted by Gasteiger charge is 2.07. The molecule has 0 aromatic heterocycles. The van der Waals surface area contributed by atoms with Crippen LogP contribution < -0.4 is 25.4 Å². The molecule has 0 aliphatic heterocycles. The Balaban J connectivity index is 1.90. The van der Waals surface area contributed by atoms with Crippen LogP contribution in [0.1, 0.15) is 29.8 Å². The van der Waals surface area contributed by atoms with Crippen LogP contribution in [0.2, 0.25) is 0 Å². The Morgan fingerprint density at radius 1 is 1.10 bits per heavy atom. The van der Waals surface area contributed by atoms with Gasteiger partial charge < -0.3 is 25.4 Å². The van der Waals surface area contributed by atoms with Gasteiger partial charge >= 0.3 is 0 Å². The van der Waals surface area contributed by atoms with Gasteiger partial charge in [-0.15, -0.1) is 0 Å². The van der Waals surface area contributed by atoms with E-state index in [2.05, 4.69) is 20.9 Å². The number of amides is 1. The Bertz CT molecular complexity index is 806. The molecule has 0 spiro atoms. The van der Waals surface area contributed by atoms with E-state index in [1.807, 2.05) is 50.2 Å². The number of ether oxygens (including phenoxy) is 2. The molecular formula is C22H30N4O3. The van der Waals surface area contributed by atoms with Gasteiger partial charge in [-0.2, -0.15) is 0 Å². The Hall–Kier alpha value is -3.22. The lowest BCUT2D eigenvalue weighted by molar-refractivity contribution is 0.0963. The number of nitrogens with one attached hydrogen (secondary N) is 3. The van der Waals surface area contributed by atoms with E-state index >= 15 is 0 Å². The minimum atomic E-state index is -0.0971. The molecule has 3 N–H and O–H groups in total. The normalized spacial score (nSPS) is 12.1. The van der Waals surface area contributed by atoms with Crippen molar-refractivity contribution in [1.29, 1.82) is 0 Å². The number of methoxy groups -OCH3 is 1. The zero-order valence-corrected chi connectivity index (χ0v) is 17.5. The van der Waals surface area contributed by atoms with E-state index in [0.717, 1.165) is 23.6 Å². The maximum atomic E-state index is 11.6. The highest BCUT2D eigenvalue weighted by atomic mass is 16.5. The summed E-state index contributed by atoms with van der Waals surface area (Å²) in [6, 6.07) is 15.0. The number of rotatable bonds is 9. The Morgan fingerprint density at radius 2 is 1.83 bits per heavy atom. The van der Waals surface area contributed by atoms with E-state index in [0.29, 0.717) is 24.6 Å². The van der Waals surface area contributed by atoms with Crippen LogP contribution in [0.15, 0.2) is 53.5 Å². The van der Waals surface area contributed by atoms with Gasteiger partial charge in [0.1, 0.15) is 17.6 Å². The van der Waals surface area contributed by atoms with Crippen molar-refractivity contribution in [3.8, 4) is 11.5 Å². The average Bonchev–Trinajstić information content (AvgIpc) is 2.75. The minimum absolute atomic E-state index is 0.0576. The van der Waals surface area contributed by atoms with Gasteiger partial charge in [0, 0.05) is 25.2 Å². The van der Waals surface area contributed by atoms with Gasteiger partial charge in [0.2, 0.25) is 0 Å². The fourth-order valence-electron chi connectivity index (χ4n) is 2.61. The molecule has 1 atom stereocenters. The number of aliphatic imine (C=N–C) groups is 1. The lowest BCUT2D eigenvalue weighted by Crippen LogP contribution is -2.41. The average molecular weight is 399 g/mol. The molecule has 2 rings (SSSR count). The van der Waals surface area contributed by atoms with Crippen molar-refractivity contribution in [1.82, 2.24) is 16.0 Å². The molecule has 0 saturated carbocycles. The quantitative estimate of drug-likeness (QED) is 0.447. The van der Waals surface area contributed by atoms with Crippen molar-refractivity contribution in [3.05, 3.63) is 59.7 Å². The summed E-state index contributed by atoms with van der Waals surface area (Å²) in [6.45, 7) is 5.87. The predicted octanol–water partition coefficient (Wildman–Crippen LogP) is 2.58. The molecule has 0 aliphatic rings. The second-order valence-electron chi connectivity index (χ2n) is 6.46. The lowest BCUT2D eigenvalue weighted by atomic mass is 10.1. The zero-order chi connectivity index (χ0) is 21.1. The van der Waals surface area contributed by atoms with E-state index in [-0.39, 0.29) is 12.0 Å². The number of hydrogen-bond donors (Lipinski definition) is 3. The van der Waals surface area contributed by atoms with Crippen molar-refractivity contribution >= 4 is 11.9 Å². The monoisotopic (exact) mass is 398 g/mol. The molecular weight excluding hydrogens is 368 g/mol. The summed E-state index contributed by atoms with van der Waals surface area (Å²) in [5.41, 5.74) is 1.66. The largest absolute Gasteiger partial charge is 0.497 e. The van der Waals surface area contributed by atoms with Gasteiger partial charge in [-0.1, -0.05) is 18.2 Å². The van der Waals surface area contributed by atoms with Crippen LogP contribution in [0.4, 0.5) is 0 Å². The molecule has 7 nitrogen and oxygen atoms in total. The number of nitrogens with zero attached hydrogens (tertiary/aromatic N) is 1. The summed E-state index contributed by atoms with van der Waals surface area (Å²) in [7, 11) is 3.25. The molecule has 1 unspecified atom stereocenters. The molecule has 156 valence electrons. The van der Waals surface area contributed by atoms with Crippen molar-refractivity contribution in [2.24, 2.45) is 4.99 Å². The summed E-state index contributed by atoms with van der Waals surface area (Å²) in [5.74, 6) is 2.14. The van der Waals surface area contributed by atoms with Crippen molar-refractivity contribution in [2.75, 3.05) is 27.2 Å². The van der Waals surface area contributed by atoms with Crippen LogP contribution in [-0.2, 0) is 6.54 Å². The molecule has 0 saturated heterocycles. The summed E-state index contributed by atoms with van der Waals surface area (Å²) >= 11 is 0. The predicted molar refractivity (Wildman–Crippen MR) is 116 cm³/mol. The Kier molecular flexibility index (Phi) is 8.82. The van der Waals surface area contributed by atoms with Gasteiger partial charge in [-0.25, -0.2) is 4.99 Å². The third kappa shape index (κ3) is 7.37. The molecule has 0 heterocycles. The minimum Gasteiger partial charge on any atom is -0.497 e. The van der Waals surface area contributed by atoms with Crippen molar-refractivity contribution in [3.63, 3.8) is 0 Å². The van der Waals surface area contributed by atoms with E-state index in [1.54, 1.807) is 26.3 Å². The molecule has 7 heteroatoms. The second-order valence-corrected chi connectivity index (χ2v) is 6.46. The van der Waals surface area contributed by atoms with E-state index in [4.69, 9.17) is 9.47 Å². The van der Waals surface area contributed by atoms with Gasteiger partial charge in [-0.05, 0) is 43.7 Å². The summed E-state index contributed by atoms with van der Waals surface area (Å²) in [4.78, 5) is 16.2. The zero-order valence-electron chi connectivity index (χ0n) is 17.5. The van der Waals surface area contributed by atoms with E-state index in [9.17, 15) is 4.79 Å². The maximum Gasteiger partial charge on any atom is 0.251 e. The van der Waals surface area contributed by atoms with Crippen LogP contribution in [0.25, 0.3) is 0 Å². The molecule has 2 aromatic rings. The first-order valence-electron chi connectivity index (χ1n) is 9.69. The Morgan fingerprint density at radius 3 is 2.48 bits per heavy atom. The fraction of sp³-hybridized carbons (Fsp3) is 0.364. The maximum absolute atomic E-state index is 11.6. The topological polar surface area (TPSA) is 84.0 Å². The highest BCUT2D eigenvalue weighted by Crippen LogP contribution is 2.19. The summed E-state index contributed by atoms with van der Waals surface area (Å²) in [6.07, 6.45) is -0.0576. The molecule has 0 radical (unpaired) electrons. The van der Waals surface area contributed by atoms with Crippen molar-refractivity contribution < 1.29 is 14.3 Å². The second kappa shape index (κ2) is 11.6. The first kappa shape index (κ1) is 22.1. The first-order valence-corrected chi connectivity index (χ1v) is 9.69. The van der Waals surface area contributed by atoms with Crippen LogP contribution >= 0.6 is 0 Å². The lowest BCUT2D eigenvalue weighted by Gasteiger charge is -2.18. The number of guanidine groups is 1. The molecule has 0 aliphatic carbocycles. The van der Waals surface area contributed by atoms with Gasteiger partial charge in [0.15, 0.2) is 5.96 Å². The third-order valence-corrected chi connectivity index (χ3v) is 4.14. The highest BCUT2D eigenvalue weighted by molar-refractivity contribution is 5.93. The van der Waals surface area contributed by atoms with Crippen LogP contribution in [-0.4, -0.2) is 45.2 Å². The molecule has 1 amide bonds. The summed E-state index contributed by atoms with van der Waals surface area (Å²) in [5, 5.41) is 9.14. The van der Waals surface area contributed by atoms with Gasteiger partial charge in [0.05, 0.1) is 20.2 Å². The number of benzene rings is 2. The number of carbonyl (C=O) groups is 1. The molecule has 29 heavy (non-hydrogen) atoms. The molecule has 2 aromatic carbocycles. The SMILES string of the molecule is CCNC(=NCc1ccc(C(=O)NC)cc1)NCC(C)Oc1cccc(OC)c1. The van der Waals surface area contributed by atoms with Crippen LogP contribution in [0, 0.1) is 0 Å². The number of carbonyl (C=O) groups excluding carboxylic acids is 1. The van der Waals surface area contributed by atoms with Gasteiger partial charge in [0.25, 0.3) is 5.91 Å². The first-order chi connectivity index (χ1) is 14.0. The molecule has 0 bridgehead atoms. The molecule has 0 fully saturated rings. The van der Waals surface area contributed by atoms with E-state index < -0.39 is 0 Å². The van der Waals surface area contributed by atoms with Crippen molar-refractivity contribution in [2.45, 2.75) is 26.5 Å². The van der Waals surface area contributed by atoms with E-state index in [1.165, 1.54) is 0 Å². The van der Waals surface area contributed by atoms with Gasteiger partial charge in [-0.3, -0.25) is 4.79 Å². The van der Waals surface area contributed by atoms with Crippen LogP contribution in [0.3, 0.4) is 0 Å². The third-order valence-electron chi connectivity index (χ3n) is 4.14. The standard InChI is InChI=1S/C22H30N4O3/c1-5-24-22(26-15-17-9-11-18(12-10-17)21(27)23-3)25-14-16(2)29-20-8-6-7-19(13-20)28-4/h6-13,16H,5,14-15H2,1-4H3,(H,23,27)(H2,24,25,26). The fourth-order valence-corrected chi connectivity index (χ4v) is 2.61. The number of hydrogen-bond acceptors (Lipinski definition) is 4. The Labute approximate surface area is 172 Å². The summed E-state index contributed by atoms with van der Waals surface area (Å²) < 4.78 is 11.2. The smallest absolute Gasteiger partial charge is 0.251 e. The van der Waals surface area contributed by atoms with Crippen LogP contribution in [0.5, 0.6) is 11.5 Å².